The van der Waals surface area contributed by atoms with Crippen LogP contribution in [0.3, 0.4) is 0 Å². The van der Waals surface area contributed by atoms with Gasteiger partial charge in [-0.2, -0.15) is 0 Å². The van der Waals surface area contributed by atoms with Crippen molar-refractivity contribution in [1.82, 2.24) is 5.32 Å². The van der Waals surface area contributed by atoms with Crippen molar-refractivity contribution in [2.24, 2.45) is 0 Å². The number of fused-ring (bicyclic) bond motifs is 1. The van der Waals surface area contributed by atoms with Gasteiger partial charge < -0.3 is 20.1 Å². The van der Waals surface area contributed by atoms with Crippen molar-refractivity contribution in [1.29, 1.82) is 0 Å². The number of nitrogens with zero attached hydrogens (tertiary/aromatic N) is 1. The van der Waals surface area contributed by atoms with E-state index in [9.17, 15) is 9.59 Å². The minimum absolute atomic E-state index is 0.0941. The average molecular weight is 339 g/mol. The van der Waals surface area contributed by atoms with Crippen molar-refractivity contribution in [2.45, 2.75) is 6.42 Å². The molecule has 2 aliphatic rings. The molecule has 4 rings (SSSR count). The van der Waals surface area contributed by atoms with Crippen molar-refractivity contribution < 1.29 is 19.1 Å². The SMILES string of the molecule is O=C(Nc1ccc(N2CCCNC2=O)cc1)c1ccc2c(c1)OCO2. The van der Waals surface area contributed by atoms with E-state index in [0.29, 0.717) is 35.8 Å². The van der Waals surface area contributed by atoms with Crippen LogP contribution in [0.25, 0.3) is 0 Å². The van der Waals surface area contributed by atoms with Gasteiger partial charge in [0.2, 0.25) is 6.79 Å². The zero-order valence-electron chi connectivity index (χ0n) is 13.5. The molecular formula is C18H17N3O4. The van der Waals surface area contributed by atoms with Crippen molar-refractivity contribution in [3.8, 4) is 11.5 Å². The predicted molar refractivity (Wildman–Crippen MR) is 92.3 cm³/mol. The fraction of sp³-hybridized carbons (Fsp3) is 0.222. The summed E-state index contributed by atoms with van der Waals surface area (Å²) in [5, 5.41) is 5.65. The minimum Gasteiger partial charge on any atom is -0.454 e. The summed E-state index contributed by atoms with van der Waals surface area (Å²) in [5.74, 6) is 0.974. The molecule has 0 radical (unpaired) electrons. The van der Waals surface area contributed by atoms with Gasteiger partial charge in [-0.25, -0.2) is 4.79 Å². The van der Waals surface area contributed by atoms with Crippen LogP contribution in [0.5, 0.6) is 11.5 Å². The first-order valence-corrected chi connectivity index (χ1v) is 8.07. The Hall–Kier alpha value is -3.22. The number of benzene rings is 2. The highest BCUT2D eigenvalue weighted by molar-refractivity contribution is 6.05. The van der Waals surface area contributed by atoms with E-state index in [4.69, 9.17) is 9.47 Å². The number of urea groups is 1. The van der Waals surface area contributed by atoms with Gasteiger partial charge in [-0.15, -0.1) is 0 Å². The Labute approximate surface area is 144 Å². The van der Waals surface area contributed by atoms with E-state index in [-0.39, 0.29) is 18.7 Å². The number of nitrogens with one attached hydrogen (secondary N) is 2. The molecule has 0 bridgehead atoms. The molecule has 128 valence electrons. The first-order chi connectivity index (χ1) is 12.2. The highest BCUT2D eigenvalue weighted by atomic mass is 16.7. The zero-order chi connectivity index (χ0) is 17.2. The van der Waals surface area contributed by atoms with Crippen molar-refractivity contribution in [3.63, 3.8) is 0 Å². The summed E-state index contributed by atoms with van der Waals surface area (Å²) < 4.78 is 10.5. The van der Waals surface area contributed by atoms with Crippen LogP contribution in [0.15, 0.2) is 42.5 Å². The fourth-order valence-corrected chi connectivity index (χ4v) is 2.84. The van der Waals surface area contributed by atoms with E-state index < -0.39 is 0 Å². The molecule has 1 fully saturated rings. The van der Waals surface area contributed by atoms with Gasteiger partial charge in [-0.3, -0.25) is 9.69 Å². The second-order valence-electron chi connectivity index (χ2n) is 5.81. The van der Waals surface area contributed by atoms with E-state index >= 15 is 0 Å². The van der Waals surface area contributed by atoms with Crippen molar-refractivity contribution in [2.75, 3.05) is 30.1 Å². The Morgan fingerprint density at radius 1 is 1.08 bits per heavy atom. The first kappa shape index (κ1) is 15.3. The van der Waals surface area contributed by atoms with Gasteiger partial charge in [-0.1, -0.05) is 0 Å². The molecule has 0 aromatic heterocycles. The molecule has 0 spiro atoms. The molecule has 7 nitrogen and oxygen atoms in total. The highest BCUT2D eigenvalue weighted by Crippen LogP contribution is 2.32. The van der Waals surface area contributed by atoms with Gasteiger partial charge in [-0.05, 0) is 48.9 Å². The van der Waals surface area contributed by atoms with E-state index in [0.717, 1.165) is 12.1 Å². The quantitative estimate of drug-likeness (QED) is 0.901. The number of rotatable bonds is 3. The van der Waals surface area contributed by atoms with Gasteiger partial charge >= 0.3 is 6.03 Å². The van der Waals surface area contributed by atoms with Crippen LogP contribution in [-0.4, -0.2) is 31.8 Å². The van der Waals surface area contributed by atoms with Gasteiger partial charge in [0, 0.05) is 30.0 Å². The van der Waals surface area contributed by atoms with E-state index in [1.54, 1.807) is 35.2 Å². The van der Waals surface area contributed by atoms with Gasteiger partial charge in [0.25, 0.3) is 5.91 Å². The monoisotopic (exact) mass is 339 g/mol. The Kier molecular flexibility index (Phi) is 3.89. The second kappa shape index (κ2) is 6.35. The first-order valence-electron chi connectivity index (χ1n) is 8.07. The summed E-state index contributed by atoms with van der Waals surface area (Å²) in [6.45, 7) is 1.57. The van der Waals surface area contributed by atoms with Crippen molar-refractivity contribution in [3.05, 3.63) is 48.0 Å². The predicted octanol–water partition coefficient (Wildman–Crippen LogP) is 2.59. The molecular weight excluding hydrogens is 322 g/mol. The Morgan fingerprint density at radius 2 is 1.88 bits per heavy atom. The molecule has 0 aliphatic carbocycles. The normalized spacial score (nSPS) is 15.7. The van der Waals surface area contributed by atoms with Gasteiger partial charge in [0.15, 0.2) is 11.5 Å². The van der Waals surface area contributed by atoms with Gasteiger partial charge in [0.1, 0.15) is 0 Å². The molecule has 7 heteroatoms. The number of carbonyl (C=O) groups is 2. The zero-order valence-corrected chi connectivity index (χ0v) is 13.5. The molecule has 2 heterocycles. The third kappa shape index (κ3) is 3.08. The minimum atomic E-state index is -0.234. The topological polar surface area (TPSA) is 79.9 Å². The number of hydrogen-bond acceptors (Lipinski definition) is 4. The molecule has 2 aromatic carbocycles. The second-order valence-corrected chi connectivity index (χ2v) is 5.81. The lowest BCUT2D eigenvalue weighted by molar-refractivity contribution is 0.102. The number of amides is 3. The molecule has 25 heavy (non-hydrogen) atoms. The van der Waals surface area contributed by atoms with Crippen molar-refractivity contribution >= 4 is 23.3 Å². The molecule has 0 saturated carbocycles. The third-order valence-electron chi connectivity index (χ3n) is 4.15. The summed E-state index contributed by atoms with van der Waals surface area (Å²) in [7, 11) is 0. The van der Waals surface area contributed by atoms with Crippen LogP contribution < -0.4 is 25.0 Å². The Bertz CT molecular complexity index is 820. The summed E-state index contributed by atoms with van der Waals surface area (Å²) >= 11 is 0. The number of ether oxygens (including phenoxy) is 2. The lowest BCUT2D eigenvalue weighted by atomic mass is 10.1. The lowest BCUT2D eigenvalue weighted by Crippen LogP contribution is -2.46. The molecule has 3 amide bonds. The molecule has 2 N–H and O–H groups in total. The molecule has 0 atom stereocenters. The maximum atomic E-state index is 12.4. The van der Waals surface area contributed by atoms with E-state index in [2.05, 4.69) is 10.6 Å². The van der Waals surface area contributed by atoms with Crippen LogP contribution in [-0.2, 0) is 0 Å². The maximum absolute atomic E-state index is 12.4. The third-order valence-corrected chi connectivity index (χ3v) is 4.15. The highest BCUT2D eigenvalue weighted by Gasteiger charge is 2.19. The van der Waals surface area contributed by atoms with Crippen LogP contribution >= 0.6 is 0 Å². The Morgan fingerprint density at radius 3 is 2.68 bits per heavy atom. The number of carbonyl (C=O) groups excluding carboxylic acids is 2. The summed E-state index contributed by atoms with van der Waals surface area (Å²) in [5.41, 5.74) is 1.95. The number of anilines is 2. The molecule has 0 unspecified atom stereocenters. The van der Waals surface area contributed by atoms with Crippen LogP contribution in [0.1, 0.15) is 16.8 Å². The number of hydrogen-bond donors (Lipinski definition) is 2. The van der Waals surface area contributed by atoms with E-state index in [1.807, 2.05) is 12.1 Å². The summed E-state index contributed by atoms with van der Waals surface area (Å²) in [6, 6.07) is 12.2. The van der Waals surface area contributed by atoms with Crippen LogP contribution in [0.2, 0.25) is 0 Å². The average Bonchev–Trinajstić information content (AvgIpc) is 3.10. The summed E-state index contributed by atoms with van der Waals surface area (Å²) in [6.07, 6.45) is 0.911. The maximum Gasteiger partial charge on any atom is 0.321 e. The lowest BCUT2D eigenvalue weighted by Gasteiger charge is -2.27. The van der Waals surface area contributed by atoms with Crippen LogP contribution in [0, 0.1) is 0 Å². The smallest absolute Gasteiger partial charge is 0.321 e. The fourth-order valence-electron chi connectivity index (χ4n) is 2.84. The van der Waals surface area contributed by atoms with E-state index in [1.165, 1.54) is 0 Å². The Balaban J connectivity index is 1.45. The molecule has 2 aliphatic heterocycles. The molecule has 2 aromatic rings. The molecule has 1 saturated heterocycles. The van der Waals surface area contributed by atoms with Crippen LogP contribution in [0.4, 0.5) is 16.2 Å². The standard InChI is InChI=1S/C18H17N3O4/c22-17(12-2-7-15-16(10-12)25-11-24-15)20-13-3-5-14(6-4-13)21-9-1-8-19-18(21)23/h2-7,10H,1,8-9,11H2,(H,19,23)(H,20,22). The largest absolute Gasteiger partial charge is 0.454 e. The van der Waals surface area contributed by atoms with Gasteiger partial charge in [0.05, 0.1) is 0 Å². The summed E-state index contributed by atoms with van der Waals surface area (Å²) in [4.78, 5) is 25.9.